The topological polar surface area (TPSA) is 112 Å². The van der Waals surface area contributed by atoms with Gasteiger partial charge in [-0.15, -0.1) is 11.3 Å². The predicted octanol–water partition coefficient (Wildman–Crippen LogP) is 4.40. The quantitative estimate of drug-likeness (QED) is 0.468. The molecule has 9 heteroatoms. The minimum absolute atomic E-state index is 0.0321. The van der Waals surface area contributed by atoms with Crippen LogP contribution in [-0.4, -0.2) is 57.4 Å². The number of β-amino-alcohol motifs (C(OH)–C–C–N with tert-alkyl or cyclic N) is 1. The summed E-state index contributed by atoms with van der Waals surface area (Å²) in [5.41, 5.74) is 5.59. The second-order valence-corrected chi connectivity index (χ2v) is 13.9. The average molecular weight is 557 g/mol. The molecule has 0 aliphatic carbocycles. The number of carbonyl (C=O) groups is 3. The highest BCUT2D eigenvalue weighted by Crippen LogP contribution is 2.34. The molecule has 4 atom stereocenters. The summed E-state index contributed by atoms with van der Waals surface area (Å²) in [5, 5.41) is 16.3. The maximum absolute atomic E-state index is 13.6. The van der Waals surface area contributed by atoms with Gasteiger partial charge < -0.3 is 20.6 Å². The molecule has 0 saturated carbocycles. The summed E-state index contributed by atoms with van der Waals surface area (Å²) in [5.74, 6) is -0.993. The van der Waals surface area contributed by atoms with Gasteiger partial charge in [-0.3, -0.25) is 14.4 Å². The molecule has 3 rings (SSSR count). The van der Waals surface area contributed by atoms with Gasteiger partial charge in [-0.2, -0.15) is 0 Å². The molecule has 39 heavy (non-hydrogen) atoms. The smallest absolute Gasteiger partial charge is 0.246 e. The second-order valence-electron chi connectivity index (χ2n) is 13.0. The molecular weight excluding hydrogens is 512 g/mol. The van der Waals surface area contributed by atoms with E-state index in [0.717, 1.165) is 33.7 Å². The number of thiazole rings is 1. The molecule has 1 fully saturated rings. The third-order valence-electron chi connectivity index (χ3n) is 7.02. The zero-order valence-corrected chi connectivity index (χ0v) is 25.5. The number of aryl methyl sites for hydroxylation is 1. The Morgan fingerprint density at radius 2 is 1.82 bits per heavy atom. The number of aliphatic hydroxyl groups excluding tert-OH is 1. The summed E-state index contributed by atoms with van der Waals surface area (Å²) in [7, 11) is 0. The van der Waals surface area contributed by atoms with Gasteiger partial charge in [0, 0.05) is 19.9 Å². The van der Waals surface area contributed by atoms with Gasteiger partial charge in [0.2, 0.25) is 17.7 Å². The maximum atomic E-state index is 13.6. The van der Waals surface area contributed by atoms with E-state index < -0.39 is 23.6 Å². The van der Waals surface area contributed by atoms with E-state index in [2.05, 4.69) is 54.6 Å². The van der Waals surface area contributed by atoms with Gasteiger partial charge in [0.1, 0.15) is 12.1 Å². The van der Waals surface area contributed by atoms with E-state index in [1.165, 1.54) is 11.8 Å². The summed E-state index contributed by atoms with van der Waals surface area (Å²) in [6.45, 7) is 17.5. The lowest BCUT2D eigenvalue weighted by atomic mass is 9.84. The lowest BCUT2D eigenvalue weighted by Gasteiger charge is -2.35. The van der Waals surface area contributed by atoms with Crippen LogP contribution in [0.15, 0.2) is 23.7 Å². The predicted molar refractivity (Wildman–Crippen MR) is 155 cm³/mol. The molecule has 214 valence electrons. The van der Waals surface area contributed by atoms with Gasteiger partial charge in [0.15, 0.2) is 0 Å². The van der Waals surface area contributed by atoms with Crippen molar-refractivity contribution in [2.75, 3.05) is 6.54 Å². The molecule has 0 spiro atoms. The van der Waals surface area contributed by atoms with Crippen molar-refractivity contribution in [3.05, 3.63) is 40.5 Å². The molecular formula is C30H44N4O4S. The number of hydrogen-bond acceptors (Lipinski definition) is 6. The number of carbonyl (C=O) groups excluding carboxylic acids is 3. The number of aliphatic hydroxyl groups is 1. The molecule has 0 radical (unpaired) electrons. The average Bonchev–Trinajstić information content (AvgIpc) is 3.40. The highest BCUT2D eigenvalue weighted by molar-refractivity contribution is 7.13. The van der Waals surface area contributed by atoms with Crippen LogP contribution >= 0.6 is 11.3 Å². The minimum Gasteiger partial charge on any atom is -0.391 e. The van der Waals surface area contributed by atoms with Crippen molar-refractivity contribution >= 4 is 29.1 Å². The van der Waals surface area contributed by atoms with E-state index in [1.807, 2.05) is 40.1 Å². The fraction of sp³-hybridized carbons (Fsp3) is 0.600. The fourth-order valence-corrected chi connectivity index (χ4v) is 5.99. The van der Waals surface area contributed by atoms with E-state index in [-0.39, 0.29) is 42.1 Å². The summed E-state index contributed by atoms with van der Waals surface area (Å²) >= 11 is 1.61. The third-order valence-corrected chi connectivity index (χ3v) is 8.00. The van der Waals surface area contributed by atoms with Crippen LogP contribution in [0.4, 0.5) is 0 Å². The molecule has 2 aromatic rings. The lowest BCUT2D eigenvalue weighted by molar-refractivity contribution is -0.144. The van der Waals surface area contributed by atoms with Gasteiger partial charge in [-0.25, -0.2) is 4.98 Å². The van der Waals surface area contributed by atoms with Gasteiger partial charge in [0.05, 0.1) is 28.2 Å². The Labute approximate surface area is 236 Å². The first-order valence-electron chi connectivity index (χ1n) is 13.6. The molecule has 1 unspecified atom stereocenters. The van der Waals surface area contributed by atoms with Crippen molar-refractivity contribution in [2.45, 2.75) is 99.4 Å². The maximum Gasteiger partial charge on any atom is 0.246 e. The molecule has 1 aliphatic rings. The Hall–Kier alpha value is -2.78. The van der Waals surface area contributed by atoms with Crippen LogP contribution in [0.1, 0.15) is 84.7 Å². The number of hydrogen-bond donors (Lipinski definition) is 3. The zero-order chi connectivity index (χ0) is 29.3. The van der Waals surface area contributed by atoms with Crippen molar-refractivity contribution in [3.8, 4) is 10.4 Å². The van der Waals surface area contributed by atoms with Crippen LogP contribution in [0, 0.1) is 17.8 Å². The normalized spacial score (nSPS) is 19.5. The van der Waals surface area contributed by atoms with Gasteiger partial charge in [-0.1, -0.05) is 53.7 Å². The highest BCUT2D eigenvalue weighted by Gasteiger charge is 2.44. The van der Waals surface area contributed by atoms with E-state index in [9.17, 15) is 19.5 Å². The SMILES string of the molecule is CC(=O)N[C@H](C(=O)N1C[C@H](O)CC1C(=O)N[C@@H](C)c1ccc(-c2scnc2C)cc1CC(C)(C)C)C(C)(C)C. The van der Waals surface area contributed by atoms with Crippen LogP contribution < -0.4 is 10.6 Å². The van der Waals surface area contributed by atoms with Gasteiger partial charge in [0.25, 0.3) is 0 Å². The Balaban J connectivity index is 1.87. The summed E-state index contributed by atoms with van der Waals surface area (Å²) in [6.07, 6.45) is 0.168. The lowest BCUT2D eigenvalue weighted by Crippen LogP contribution is -2.57. The van der Waals surface area contributed by atoms with Crippen molar-refractivity contribution in [2.24, 2.45) is 10.8 Å². The van der Waals surface area contributed by atoms with Crippen LogP contribution in [-0.2, 0) is 20.8 Å². The number of rotatable bonds is 7. The van der Waals surface area contributed by atoms with E-state index in [0.29, 0.717) is 0 Å². The number of nitrogens with zero attached hydrogens (tertiary/aromatic N) is 2. The first kappa shape index (κ1) is 30.8. The molecule has 0 bridgehead atoms. The van der Waals surface area contributed by atoms with Crippen LogP contribution in [0.3, 0.4) is 0 Å². The molecule has 1 aromatic carbocycles. The molecule has 3 amide bonds. The number of likely N-dealkylation sites (tertiary alicyclic amines) is 1. The number of amides is 3. The largest absolute Gasteiger partial charge is 0.391 e. The molecule has 3 N–H and O–H groups in total. The Bertz CT molecular complexity index is 1210. The van der Waals surface area contributed by atoms with Crippen molar-refractivity contribution in [1.29, 1.82) is 0 Å². The molecule has 1 aromatic heterocycles. The third kappa shape index (κ3) is 7.66. The van der Waals surface area contributed by atoms with E-state index >= 15 is 0 Å². The van der Waals surface area contributed by atoms with Crippen LogP contribution in [0.25, 0.3) is 10.4 Å². The van der Waals surface area contributed by atoms with Crippen molar-refractivity contribution in [1.82, 2.24) is 20.5 Å². The summed E-state index contributed by atoms with van der Waals surface area (Å²) in [4.78, 5) is 45.9. The van der Waals surface area contributed by atoms with E-state index in [4.69, 9.17) is 0 Å². The standard InChI is InChI=1S/C30H44N4O4S/c1-17(23-11-10-20(25-18(2)31-16-39-25)12-21(23)14-29(4,5)6)32-27(37)24-13-22(36)15-34(24)28(38)26(30(7,8)9)33-19(3)35/h10-12,16-17,22,24,26,36H,13-15H2,1-9H3,(H,32,37)(H,33,35)/t17-,22+,24?,26+/m0/s1. The molecule has 2 heterocycles. The zero-order valence-electron chi connectivity index (χ0n) is 24.7. The van der Waals surface area contributed by atoms with Gasteiger partial charge >= 0.3 is 0 Å². The number of nitrogens with one attached hydrogen (secondary N) is 2. The summed E-state index contributed by atoms with van der Waals surface area (Å²) < 4.78 is 0. The number of benzene rings is 1. The van der Waals surface area contributed by atoms with Crippen LogP contribution in [0.2, 0.25) is 0 Å². The van der Waals surface area contributed by atoms with Crippen molar-refractivity contribution in [3.63, 3.8) is 0 Å². The first-order chi connectivity index (χ1) is 18.0. The second kappa shape index (κ2) is 11.8. The van der Waals surface area contributed by atoms with E-state index in [1.54, 1.807) is 11.3 Å². The number of aromatic nitrogens is 1. The molecule has 8 nitrogen and oxygen atoms in total. The minimum atomic E-state index is -0.821. The Morgan fingerprint density at radius 1 is 1.15 bits per heavy atom. The Morgan fingerprint density at radius 3 is 2.36 bits per heavy atom. The molecule has 1 aliphatic heterocycles. The van der Waals surface area contributed by atoms with Gasteiger partial charge in [-0.05, 0) is 53.9 Å². The monoisotopic (exact) mass is 556 g/mol. The molecule has 1 saturated heterocycles. The van der Waals surface area contributed by atoms with Crippen molar-refractivity contribution < 1.29 is 19.5 Å². The highest BCUT2D eigenvalue weighted by atomic mass is 32.1. The summed E-state index contributed by atoms with van der Waals surface area (Å²) in [6, 6.07) is 4.39. The first-order valence-corrected chi connectivity index (χ1v) is 14.4. The Kier molecular flexibility index (Phi) is 9.27. The fourth-order valence-electron chi connectivity index (χ4n) is 5.18. The van der Waals surface area contributed by atoms with Crippen LogP contribution in [0.5, 0.6) is 0 Å².